The van der Waals surface area contributed by atoms with Gasteiger partial charge in [-0.2, -0.15) is 0 Å². The van der Waals surface area contributed by atoms with E-state index in [4.69, 9.17) is 27.9 Å². The van der Waals surface area contributed by atoms with E-state index in [1.54, 1.807) is 12.1 Å². The number of hydrogen-bond donors (Lipinski definition) is 0. The van der Waals surface area contributed by atoms with Crippen LogP contribution in [0.1, 0.15) is 24.7 Å². The maximum absolute atomic E-state index is 11.8. The van der Waals surface area contributed by atoms with Crippen molar-refractivity contribution < 1.29 is 4.74 Å². The number of hydrogen-bond acceptors (Lipinski definition) is 3. The van der Waals surface area contributed by atoms with E-state index in [1.807, 2.05) is 32.9 Å². The van der Waals surface area contributed by atoms with Crippen molar-refractivity contribution in [1.29, 1.82) is 0 Å². The fourth-order valence-electron chi connectivity index (χ4n) is 2.81. The molecule has 0 aliphatic carbocycles. The van der Waals surface area contributed by atoms with Gasteiger partial charge in [-0.05, 0) is 44.5 Å². The molecule has 2 aromatic heterocycles. The molecule has 26 heavy (non-hydrogen) atoms. The third-order valence-corrected chi connectivity index (χ3v) is 4.56. The van der Waals surface area contributed by atoms with E-state index in [-0.39, 0.29) is 11.4 Å². The van der Waals surface area contributed by atoms with Crippen molar-refractivity contribution in [2.24, 2.45) is 0 Å². The summed E-state index contributed by atoms with van der Waals surface area (Å²) in [5, 5.41) is 4.94. The van der Waals surface area contributed by atoms with Gasteiger partial charge in [0.25, 0.3) is 5.56 Å². The second kappa shape index (κ2) is 7.56. The third-order valence-electron chi connectivity index (χ3n) is 4.00. The van der Waals surface area contributed by atoms with Gasteiger partial charge >= 0.3 is 0 Å². The Morgan fingerprint density at radius 3 is 2.23 bits per heavy atom. The lowest BCUT2D eigenvalue weighted by Crippen LogP contribution is -2.21. The van der Waals surface area contributed by atoms with E-state index >= 15 is 0 Å². The number of aromatic nitrogens is 3. The third kappa shape index (κ3) is 3.64. The SMILES string of the molecule is CCCn1nc(Oc2c(Cl)cc(-n3c(C)ccc3C)cc2Cl)ccc1=O. The zero-order valence-electron chi connectivity index (χ0n) is 14.8. The van der Waals surface area contributed by atoms with Crippen LogP contribution in [0, 0.1) is 13.8 Å². The lowest BCUT2D eigenvalue weighted by Gasteiger charge is -2.14. The largest absolute Gasteiger partial charge is 0.434 e. The normalized spacial score (nSPS) is 11.0. The first-order valence-electron chi connectivity index (χ1n) is 8.31. The van der Waals surface area contributed by atoms with Crippen LogP contribution in [0.3, 0.4) is 0 Å². The Kier molecular flexibility index (Phi) is 5.39. The van der Waals surface area contributed by atoms with Crippen LogP contribution in [0.4, 0.5) is 0 Å². The highest BCUT2D eigenvalue weighted by molar-refractivity contribution is 6.37. The van der Waals surface area contributed by atoms with Gasteiger partial charge in [0.1, 0.15) is 0 Å². The minimum atomic E-state index is -0.176. The standard InChI is InChI=1S/C19H19Cl2N3O2/c1-4-9-23-18(25)8-7-17(22-23)26-19-15(20)10-14(11-16(19)21)24-12(2)5-6-13(24)3/h5-8,10-11H,4,9H2,1-3H3. The Labute approximate surface area is 161 Å². The molecule has 0 spiro atoms. The van der Waals surface area contributed by atoms with Crippen molar-refractivity contribution in [2.45, 2.75) is 33.7 Å². The monoisotopic (exact) mass is 391 g/mol. The highest BCUT2D eigenvalue weighted by atomic mass is 35.5. The van der Waals surface area contributed by atoms with Crippen molar-refractivity contribution in [3.05, 3.63) is 68.2 Å². The first kappa shape index (κ1) is 18.5. The molecule has 0 N–H and O–H groups in total. The molecule has 0 fully saturated rings. The molecule has 3 rings (SSSR count). The molecule has 0 atom stereocenters. The number of ether oxygens (including phenoxy) is 1. The van der Waals surface area contributed by atoms with Crippen LogP contribution in [-0.2, 0) is 6.54 Å². The molecule has 0 saturated carbocycles. The summed E-state index contributed by atoms with van der Waals surface area (Å²) in [6.45, 7) is 6.52. The number of benzene rings is 1. The molecule has 0 aliphatic heterocycles. The molecule has 2 heterocycles. The van der Waals surface area contributed by atoms with Gasteiger partial charge in [-0.15, -0.1) is 5.10 Å². The van der Waals surface area contributed by atoms with Crippen LogP contribution in [0.15, 0.2) is 41.2 Å². The number of nitrogens with zero attached hydrogens (tertiary/aromatic N) is 3. The molecule has 136 valence electrons. The number of rotatable bonds is 5. The van der Waals surface area contributed by atoms with Crippen molar-refractivity contribution in [2.75, 3.05) is 0 Å². The van der Waals surface area contributed by atoms with Crippen molar-refractivity contribution >= 4 is 23.2 Å². The summed E-state index contributed by atoms with van der Waals surface area (Å²) in [5.74, 6) is 0.580. The summed E-state index contributed by atoms with van der Waals surface area (Å²) in [6, 6.07) is 10.6. The minimum absolute atomic E-state index is 0.176. The molecule has 1 aromatic carbocycles. The topological polar surface area (TPSA) is 49.0 Å². The predicted molar refractivity (Wildman–Crippen MR) is 104 cm³/mol. The van der Waals surface area contributed by atoms with Crippen molar-refractivity contribution in [1.82, 2.24) is 14.3 Å². The van der Waals surface area contributed by atoms with Crippen LogP contribution in [0.2, 0.25) is 10.0 Å². The van der Waals surface area contributed by atoms with Crippen molar-refractivity contribution in [3.63, 3.8) is 0 Å². The summed E-state index contributed by atoms with van der Waals surface area (Å²) >= 11 is 12.8. The highest BCUT2D eigenvalue weighted by Gasteiger charge is 2.14. The maximum atomic E-state index is 11.8. The van der Waals surface area contributed by atoms with E-state index in [1.165, 1.54) is 16.8 Å². The fraction of sp³-hybridized carbons (Fsp3) is 0.263. The predicted octanol–water partition coefficient (Wildman–Crippen LogP) is 5.16. The van der Waals surface area contributed by atoms with E-state index in [9.17, 15) is 4.79 Å². The highest BCUT2D eigenvalue weighted by Crippen LogP contribution is 2.38. The van der Waals surface area contributed by atoms with Crippen LogP contribution < -0.4 is 10.3 Å². The Morgan fingerprint density at radius 2 is 1.65 bits per heavy atom. The molecular weight excluding hydrogens is 373 g/mol. The first-order chi connectivity index (χ1) is 12.4. The summed E-state index contributed by atoms with van der Waals surface area (Å²) in [6.07, 6.45) is 0.794. The van der Waals surface area contributed by atoms with E-state index in [0.717, 1.165) is 23.5 Å². The molecule has 0 radical (unpaired) electrons. The summed E-state index contributed by atoms with van der Waals surface area (Å²) in [7, 11) is 0. The Balaban J connectivity index is 1.97. The molecule has 0 amide bonds. The number of aryl methyl sites for hydroxylation is 3. The quantitative estimate of drug-likeness (QED) is 0.603. The van der Waals surface area contributed by atoms with Gasteiger partial charge in [-0.3, -0.25) is 4.79 Å². The van der Waals surface area contributed by atoms with Gasteiger partial charge in [0.2, 0.25) is 5.88 Å². The summed E-state index contributed by atoms with van der Waals surface area (Å²) in [5.41, 5.74) is 2.84. The van der Waals surface area contributed by atoms with Gasteiger partial charge < -0.3 is 9.30 Å². The van der Waals surface area contributed by atoms with Gasteiger partial charge in [0.05, 0.1) is 10.0 Å². The second-order valence-electron chi connectivity index (χ2n) is 6.03. The maximum Gasteiger partial charge on any atom is 0.266 e. The molecule has 3 aromatic rings. The van der Waals surface area contributed by atoms with Crippen LogP contribution in [0.5, 0.6) is 11.6 Å². The van der Waals surface area contributed by atoms with Gasteiger partial charge in [0.15, 0.2) is 5.75 Å². The van der Waals surface area contributed by atoms with E-state index in [2.05, 4.69) is 9.67 Å². The first-order valence-corrected chi connectivity index (χ1v) is 9.06. The lowest BCUT2D eigenvalue weighted by molar-refractivity contribution is 0.427. The van der Waals surface area contributed by atoms with Gasteiger partial charge in [0, 0.05) is 35.8 Å². The van der Waals surface area contributed by atoms with Crippen molar-refractivity contribution in [3.8, 4) is 17.3 Å². The molecule has 5 nitrogen and oxygen atoms in total. The lowest BCUT2D eigenvalue weighted by atomic mass is 10.2. The van der Waals surface area contributed by atoms with Gasteiger partial charge in [-0.1, -0.05) is 30.1 Å². The molecular formula is C19H19Cl2N3O2. The Morgan fingerprint density at radius 1 is 1.04 bits per heavy atom. The molecule has 0 bridgehead atoms. The Bertz CT molecular complexity index is 966. The van der Waals surface area contributed by atoms with Gasteiger partial charge in [-0.25, -0.2) is 4.68 Å². The zero-order valence-corrected chi connectivity index (χ0v) is 16.3. The number of halogens is 2. The zero-order chi connectivity index (χ0) is 18.8. The average Bonchev–Trinajstić information content (AvgIpc) is 2.92. The van der Waals surface area contributed by atoms with Crippen LogP contribution >= 0.6 is 23.2 Å². The smallest absolute Gasteiger partial charge is 0.266 e. The molecule has 0 saturated heterocycles. The van der Waals surface area contributed by atoms with E-state index < -0.39 is 0 Å². The summed E-state index contributed by atoms with van der Waals surface area (Å²) < 4.78 is 9.19. The molecule has 0 unspecified atom stereocenters. The van der Waals surface area contributed by atoms with E-state index in [0.29, 0.717) is 22.3 Å². The van der Waals surface area contributed by atoms with Crippen LogP contribution in [-0.4, -0.2) is 14.3 Å². The average molecular weight is 392 g/mol. The minimum Gasteiger partial charge on any atom is -0.434 e. The van der Waals surface area contributed by atoms with Crippen LogP contribution in [0.25, 0.3) is 5.69 Å². The second-order valence-corrected chi connectivity index (χ2v) is 6.84. The molecule has 7 heteroatoms. The fourth-order valence-corrected chi connectivity index (χ4v) is 3.36. The summed E-state index contributed by atoms with van der Waals surface area (Å²) in [4.78, 5) is 11.8. The molecule has 0 aliphatic rings. The Hall–Kier alpha value is -2.24.